The molecule has 0 aliphatic heterocycles. The molecule has 0 aromatic carbocycles. The van der Waals surface area contributed by atoms with Gasteiger partial charge in [0.05, 0.1) is 5.60 Å². The van der Waals surface area contributed by atoms with Gasteiger partial charge in [-0.15, -0.1) is 0 Å². The standard InChI is InChI=1S/C12H23NO/c1-8-3-4-10(5-9(8)2)12(14)6-11(13)7-12/h8-11,14H,3-7,13H2,1-2H3. The van der Waals surface area contributed by atoms with Gasteiger partial charge in [-0.2, -0.15) is 0 Å². The van der Waals surface area contributed by atoms with E-state index in [-0.39, 0.29) is 6.04 Å². The third kappa shape index (κ3) is 1.70. The fourth-order valence-corrected chi connectivity index (χ4v) is 3.22. The Hall–Kier alpha value is -0.0800. The van der Waals surface area contributed by atoms with E-state index in [1.807, 2.05) is 0 Å². The third-order valence-corrected chi connectivity index (χ3v) is 4.59. The van der Waals surface area contributed by atoms with Crippen molar-refractivity contribution in [3.8, 4) is 0 Å². The van der Waals surface area contributed by atoms with Crippen LogP contribution in [0.5, 0.6) is 0 Å². The molecule has 82 valence electrons. The van der Waals surface area contributed by atoms with Gasteiger partial charge in [0.2, 0.25) is 0 Å². The van der Waals surface area contributed by atoms with Crippen molar-refractivity contribution in [2.75, 3.05) is 0 Å². The number of hydrogen-bond acceptors (Lipinski definition) is 2. The Labute approximate surface area is 86.9 Å². The summed E-state index contributed by atoms with van der Waals surface area (Å²) in [5.74, 6) is 2.13. The molecule has 2 rings (SSSR count). The van der Waals surface area contributed by atoms with E-state index in [4.69, 9.17) is 5.73 Å². The van der Waals surface area contributed by atoms with Gasteiger partial charge in [-0.3, -0.25) is 0 Å². The molecule has 0 bridgehead atoms. The summed E-state index contributed by atoms with van der Waals surface area (Å²) in [6, 6.07) is 0.259. The Morgan fingerprint density at radius 2 is 1.79 bits per heavy atom. The fraction of sp³-hybridized carbons (Fsp3) is 1.00. The normalized spacial score (nSPS) is 54.0. The van der Waals surface area contributed by atoms with Gasteiger partial charge in [-0.25, -0.2) is 0 Å². The van der Waals surface area contributed by atoms with E-state index in [9.17, 15) is 5.11 Å². The van der Waals surface area contributed by atoms with Crippen LogP contribution in [0.15, 0.2) is 0 Å². The summed E-state index contributed by atoms with van der Waals surface area (Å²) in [5.41, 5.74) is 5.37. The maximum atomic E-state index is 10.3. The van der Waals surface area contributed by atoms with Crippen LogP contribution < -0.4 is 5.73 Å². The molecule has 3 N–H and O–H groups in total. The van der Waals surface area contributed by atoms with E-state index in [1.165, 1.54) is 19.3 Å². The highest BCUT2D eigenvalue weighted by Crippen LogP contribution is 2.46. The van der Waals surface area contributed by atoms with Gasteiger partial charge in [-0.1, -0.05) is 20.3 Å². The SMILES string of the molecule is CC1CCC(C2(O)CC(N)C2)CC1C. The molecule has 0 amide bonds. The fourth-order valence-electron chi connectivity index (χ4n) is 3.22. The Morgan fingerprint density at radius 3 is 2.29 bits per heavy atom. The minimum atomic E-state index is -0.395. The third-order valence-electron chi connectivity index (χ3n) is 4.59. The average molecular weight is 197 g/mol. The topological polar surface area (TPSA) is 46.2 Å². The van der Waals surface area contributed by atoms with Crippen molar-refractivity contribution in [2.24, 2.45) is 23.5 Å². The van der Waals surface area contributed by atoms with Gasteiger partial charge in [0.15, 0.2) is 0 Å². The second kappa shape index (κ2) is 3.49. The Balaban J connectivity index is 1.93. The average Bonchev–Trinajstić information content (AvgIpc) is 2.07. The van der Waals surface area contributed by atoms with Crippen molar-refractivity contribution in [1.29, 1.82) is 0 Å². The lowest BCUT2D eigenvalue weighted by molar-refractivity contribution is -0.113. The summed E-state index contributed by atoms with van der Waals surface area (Å²) >= 11 is 0. The van der Waals surface area contributed by atoms with Gasteiger partial charge in [0.25, 0.3) is 0 Å². The van der Waals surface area contributed by atoms with E-state index < -0.39 is 5.60 Å². The van der Waals surface area contributed by atoms with Crippen LogP contribution in [-0.4, -0.2) is 16.7 Å². The summed E-state index contributed by atoms with van der Waals surface area (Å²) in [6.07, 6.45) is 5.35. The summed E-state index contributed by atoms with van der Waals surface area (Å²) < 4.78 is 0. The quantitative estimate of drug-likeness (QED) is 0.674. The Morgan fingerprint density at radius 1 is 1.14 bits per heavy atom. The molecule has 2 saturated carbocycles. The van der Waals surface area contributed by atoms with Gasteiger partial charge in [0, 0.05) is 6.04 Å². The first-order valence-electron chi connectivity index (χ1n) is 5.99. The van der Waals surface area contributed by atoms with Crippen LogP contribution in [0.3, 0.4) is 0 Å². The molecule has 0 radical (unpaired) electrons. The Bertz CT molecular complexity index is 210. The highest BCUT2D eigenvalue weighted by Gasteiger charge is 2.48. The molecule has 0 aromatic heterocycles. The van der Waals surface area contributed by atoms with Gasteiger partial charge in [0.1, 0.15) is 0 Å². The first-order valence-corrected chi connectivity index (χ1v) is 5.99. The lowest BCUT2D eigenvalue weighted by Gasteiger charge is -2.50. The largest absolute Gasteiger partial charge is 0.389 e. The minimum Gasteiger partial charge on any atom is -0.389 e. The molecule has 2 heteroatoms. The zero-order valence-electron chi connectivity index (χ0n) is 9.37. The minimum absolute atomic E-state index is 0.259. The van der Waals surface area contributed by atoms with Gasteiger partial charge in [-0.05, 0) is 43.4 Å². The molecule has 2 fully saturated rings. The van der Waals surface area contributed by atoms with Crippen molar-refractivity contribution in [3.05, 3.63) is 0 Å². The van der Waals surface area contributed by atoms with E-state index in [0.717, 1.165) is 24.7 Å². The summed E-state index contributed by atoms with van der Waals surface area (Å²) in [5, 5.41) is 10.3. The Kier molecular flexibility index (Phi) is 2.61. The van der Waals surface area contributed by atoms with Crippen molar-refractivity contribution >= 4 is 0 Å². The summed E-state index contributed by atoms with van der Waals surface area (Å²) in [6.45, 7) is 4.65. The van der Waals surface area contributed by atoms with Crippen LogP contribution in [0.25, 0.3) is 0 Å². The van der Waals surface area contributed by atoms with E-state index >= 15 is 0 Å². The molecule has 3 atom stereocenters. The highest BCUT2D eigenvalue weighted by atomic mass is 16.3. The van der Waals surface area contributed by atoms with Crippen molar-refractivity contribution < 1.29 is 5.11 Å². The molecule has 2 aliphatic rings. The zero-order chi connectivity index (χ0) is 10.3. The van der Waals surface area contributed by atoms with Gasteiger partial charge >= 0.3 is 0 Å². The molecular formula is C12H23NO. The summed E-state index contributed by atoms with van der Waals surface area (Å²) in [7, 11) is 0. The van der Waals surface area contributed by atoms with Crippen molar-refractivity contribution in [1.82, 2.24) is 0 Å². The van der Waals surface area contributed by atoms with Crippen LogP contribution >= 0.6 is 0 Å². The molecule has 2 nitrogen and oxygen atoms in total. The first kappa shape index (κ1) is 10.4. The van der Waals surface area contributed by atoms with Crippen molar-refractivity contribution in [3.63, 3.8) is 0 Å². The molecule has 2 aliphatic carbocycles. The van der Waals surface area contributed by atoms with E-state index in [2.05, 4.69) is 13.8 Å². The molecule has 0 heterocycles. The first-order chi connectivity index (χ1) is 6.51. The number of rotatable bonds is 1. The molecular weight excluding hydrogens is 174 g/mol. The molecule has 14 heavy (non-hydrogen) atoms. The molecule has 0 saturated heterocycles. The zero-order valence-corrected chi connectivity index (χ0v) is 9.37. The van der Waals surface area contributed by atoms with Crippen molar-refractivity contribution in [2.45, 2.75) is 57.6 Å². The van der Waals surface area contributed by atoms with Crippen LogP contribution in [0.4, 0.5) is 0 Å². The molecule has 0 spiro atoms. The lowest BCUT2D eigenvalue weighted by atomic mass is 9.61. The van der Waals surface area contributed by atoms with E-state index in [0.29, 0.717) is 5.92 Å². The highest BCUT2D eigenvalue weighted by molar-refractivity contribution is 5.02. The monoisotopic (exact) mass is 197 g/mol. The maximum Gasteiger partial charge on any atom is 0.0705 e. The second-order valence-corrected chi connectivity index (χ2v) is 5.74. The van der Waals surface area contributed by atoms with Crippen LogP contribution in [0.1, 0.15) is 46.0 Å². The van der Waals surface area contributed by atoms with Crippen LogP contribution in [0.2, 0.25) is 0 Å². The predicted octanol–water partition coefficient (Wildman–Crippen LogP) is 1.91. The van der Waals surface area contributed by atoms with Crippen LogP contribution in [0, 0.1) is 17.8 Å². The number of nitrogens with two attached hydrogens (primary N) is 1. The van der Waals surface area contributed by atoms with E-state index in [1.54, 1.807) is 0 Å². The number of aliphatic hydroxyl groups is 1. The number of hydrogen-bond donors (Lipinski definition) is 2. The molecule has 0 aromatic rings. The van der Waals surface area contributed by atoms with Crippen LogP contribution in [-0.2, 0) is 0 Å². The second-order valence-electron chi connectivity index (χ2n) is 5.74. The van der Waals surface area contributed by atoms with Gasteiger partial charge < -0.3 is 10.8 Å². The molecule has 3 unspecified atom stereocenters. The maximum absolute atomic E-state index is 10.3. The lowest BCUT2D eigenvalue weighted by Crippen LogP contribution is -2.57. The predicted molar refractivity (Wildman–Crippen MR) is 57.8 cm³/mol. The summed E-state index contributed by atoms with van der Waals surface area (Å²) in [4.78, 5) is 0. The smallest absolute Gasteiger partial charge is 0.0705 e.